The van der Waals surface area contributed by atoms with Crippen LogP contribution in [0.3, 0.4) is 0 Å². The molecule has 124 valence electrons. The summed E-state index contributed by atoms with van der Waals surface area (Å²) in [5.41, 5.74) is 1.15. The van der Waals surface area contributed by atoms with Crippen LogP contribution in [0.5, 0.6) is 5.75 Å². The number of nitrogens with one attached hydrogen (secondary N) is 1. The van der Waals surface area contributed by atoms with Gasteiger partial charge in [0.05, 0.1) is 17.3 Å². The summed E-state index contributed by atoms with van der Waals surface area (Å²) in [6.45, 7) is 3.96. The van der Waals surface area contributed by atoms with Gasteiger partial charge in [0.2, 0.25) is 0 Å². The van der Waals surface area contributed by atoms with Crippen molar-refractivity contribution in [3.63, 3.8) is 0 Å². The van der Waals surface area contributed by atoms with Crippen LogP contribution < -0.4 is 9.46 Å². The highest BCUT2D eigenvalue weighted by molar-refractivity contribution is 7.92. The van der Waals surface area contributed by atoms with Crippen molar-refractivity contribution in [2.45, 2.75) is 30.8 Å². The lowest BCUT2D eigenvalue weighted by Gasteiger charge is -2.16. The largest absolute Gasteiger partial charge is 0.487 e. The fraction of sp³-hybridized carbons (Fsp3) is 0.250. The van der Waals surface area contributed by atoms with E-state index < -0.39 is 10.0 Å². The molecule has 0 atom stereocenters. The van der Waals surface area contributed by atoms with Crippen LogP contribution in [0.1, 0.15) is 19.4 Å². The molecule has 24 heavy (non-hydrogen) atoms. The van der Waals surface area contributed by atoms with Crippen LogP contribution in [-0.4, -0.2) is 28.4 Å². The third-order valence-electron chi connectivity index (χ3n) is 3.90. The quantitative estimate of drug-likeness (QED) is 0.787. The molecule has 0 saturated carbocycles. The van der Waals surface area contributed by atoms with Crippen LogP contribution in [0, 0.1) is 0 Å². The van der Waals surface area contributed by atoms with Crippen molar-refractivity contribution in [2.75, 3.05) is 4.72 Å². The number of hydrogen-bond donors (Lipinski definition) is 1. The number of benzene rings is 1. The second-order valence-electron chi connectivity index (χ2n) is 6.36. The molecule has 0 fully saturated rings. The highest BCUT2D eigenvalue weighted by Gasteiger charge is 2.31. The summed E-state index contributed by atoms with van der Waals surface area (Å²) >= 11 is 0. The molecule has 0 spiro atoms. The Morgan fingerprint density at radius 3 is 2.96 bits per heavy atom. The number of hydrogen-bond acceptors (Lipinski definition) is 5. The zero-order valence-electron chi connectivity index (χ0n) is 13.2. The van der Waals surface area contributed by atoms with E-state index in [4.69, 9.17) is 4.74 Å². The molecule has 3 aromatic rings. The van der Waals surface area contributed by atoms with Crippen LogP contribution in [0.2, 0.25) is 0 Å². The van der Waals surface area contributed by atoms with E-state index in [2.05, 4.69) is 14.7 Å². The van der Waals surface area contributed by atoms with E-state index in [1.807, 2.05) is 13.8 Å². The molecule has 0 aliphatic carbocycles. The van der Waals surface area contributed by atoms with Gasteiger partial charge >= 0.3 is 0 Å². The average molecular weight is 344 g/mol. The summed E-state index contributed by atoms with van der Waals surface area (Å²) in [7, 11) is -3.72. The van der Waals surface area contributed by atoms with Crippen molar-refractivity contribution in [1.29, 1.82) is 0 Å². The predicted octanol–water partition coefficient (Wildman–Crippen LogP) is 2.24. The van der Waals surface area contributed by atoms with Gasteiger partial charge in [-0.1, -0.05) is 0 Å². The summed E-state index contributed by atoms with van der Waals surface area (Å²) < 4.78 is 35.4. The van der Waals surface area contributed by atoms with Crippen LogP contribution in [0.25, 0.3) is 5.65 Å². The lowest BCUT2D eigenvalue weighted by atomic mass is 10.0. The summed E-state index contributed by atoms with van der Waals surface area (Å²) in [4.78, 5) is 8.29. The van der Waals surface area contributed by atoms with Crippen molar-refractivity contribution in [3.8, 4) is 5.75 Å². The lowest BCUT2D eigenvalue weighted by molar-refractivity contribution is 0.138. The maximum absolute atomic E-state index is 12.7. The molecule has 0 saturated heterocycles. The van der Waals surface area contributed by atoms with Gasteiger partial charge in [-0.05, 0) is 37.6 Å². The van der Waals surface area contributed by atoms with Gasteiger partial charge < -0.3 is 4.74 Å². The molecule has 2 aromatic heterocycles. The van der Waals surface area contributed by atoms with Gasteiger partial charge in [-0.15, -0.1) is 0 Å². The number of rotatable bonds is 3. The van der Waals surface area contributed by atoms with Crippen molar-refractivity contribution < 1.29 is 13.2 Å². The van der Waals surface area contributed by atoms with Gasteiger partial charge in [-0.25, -0.2) is 13.4 Å². The molecule has 1 aliphatic rings. The van der Waals surface area contributed by atoms with Gasteiger partial charge in [0, 0.05) is 18.8 Å². The molecule has 1 N–H and O–H groups in total. The Labute approximate surface area is 139 Å². The topological polar surface area (TPSA) is 85.6 Å². The third kappa shape index (κ3) is 2.48. The smallest absolute Gasteiger partial charge is 0.263 e. The molecular weight excluding hydrogens is 328 g/mol. The molecule has 1 aliphatic heterocycles. The summed E-state index contributed by atoms with van der Waals surface area (Å²) in [5.74, 6) is 1.10. The Kier molecular flexibility index (Phi) is 3.08. The summed E-state index contributed by atoms with van der Waals surface area (Å²) in [5, 5.41) is 0. The molecule has 0 amide bonds. The Balaban J connectivity index is 1.69. The van der Waals surface area contributed by atoms with Crippen molar-refractivity contribution >= 4 is 21.5 Å². The molecule has 0 bridgehead atoms. The number of imidazole rings is 1. The fourth-order valence-corrected chi connectivity index (χ4v) is 3.96. The number of ether oxygens (including phenoxy) is 1. The van der Waals surface area contributed by atoms with Gasteiger partial charge in [0.25, 0.3) is 10.0 Å². The molecule has 8 heteroatoms. The number of nitrogens with zero attached hydrogens (tertiary/aromatic N) is 3. The van der Waals surface area contributed by atoms with Crippen molar-refractivity contribution in [2.24, 2.45) is 0 Å². The van der Waals surface area contributed by atoms with Crippen molar-refractivity contribution in [1.82, 2.24) is 14.4 Å². The fourth-order valence-electron chi connectivity index (χ4n) is 2.87. The molecule has 3 heterocycles. The number of aromatic nitrogens is 3. The Hall–Kier alpha value is -2.61. The Morgan fingerprint density at radius 1 is 1.29 bits per heavy atom. The molecule has 0 unspecified atom stereocenters. The van der Waals surface area contributed by atoms with Gasteiger partial charge in [0.15, 0.2) is 5.65 Å². The van der Waals surface area contributed by atoms with Crippen LogP contribution in [0.15, 0.2) is 47.9 Å². The van der Waals surface area contributed by atoms with Gasteiger partial charge in [-0.3, -0.25) is 14.1 Å². The first-order valence-electron chi connectivity index (χ1n) is 7.46. The Bertz CT molecular complexity index is 1040. The number of sulfonamides is 1. The predicted molar refractivity (Wildman–Crippen MR) is 88.6 cm³/mol. The second-order valence-corrected chi connectivity index (χ2v) is 8.04. The molecule has 1 aromatic carbocycles. The van der Waals surface area contributed by atoms with Crippen LogP contribution >= 0.6 is 0 Å². The normalized spacial score (nSPS) is 15.9. The number of fused-ring (bicyclic) bond motifs is 2. The van der Waals surface area contributed by atoms with E-state index >= 15 is 0 Å². The Morgan fingerprint density at radius 2 is 2.12 bits per heavy atom. The second kappa shape index (κ2) is 4.94. The lowest BCUT2D eigenvalue weighted by Crippen LogP contribution is -2.24. The first-order valence-corrected chi connectivity index (χ1v) is 8.94. The molecule has 0 radical (unpaired) electrons. The summed E-state index contributed by atoms with van der Waals surface area (Å²) in [6.07, 6.45) is 6.92. The highest BCUT2D eigenvalue weighted by atomic mass is 32.2. The third-order valence-corrected chi connectivity index (χ3v) is 5.25. The van der Waals surface area contributed by atoms with E-state index in [1.54, 1.807) is 41.2 Å². The van der Waals surface area contributed by atoms with Gasteiger partial charge in [0.1, 0.15) is 17.2 Å². The van der Waals surface area contributed by atoms with Crippen molar-refractivity contribution in [3.05, 3.63) is 48.5 Å². The van der Waals surface area contributed by atoms with E-state index in [9.17, 15) is 8.42 Å². The minimum Gasteiger partial charge on any atom is -0.487 e. The SMILES string of the molecule is CC1(C)Cc2cc(S(=O)(=O)Nc3cnc4cnccn34)ccc2O1. The standard InChI is InChI=1S/C16H16N4O3S/c1-16(2)8-11-7-12(3-4-13(11)23-16)24(21,22)19-15-10-18-14-9-17-5-6-20(14)15/h3-7,9-10,19H,8H2,1-2H3. The summed E-state index contributed by atoms with van der Waals surface area (Å²) in [6, 6.07) is 4.92. The van der Waals surface area contributed by atoms with Crippen LogP contribution in [0.4, 0.5) is 5.82 Å². The maximum Gasteiger partial charge on any atom is 0.263 e. The zero-order chi connectivity index (χ0) is 16.9. The maximum atomic E-state index is 12.7. The first-order chi connectivity index (χ1) is 11.3. The first kappa shape index (κ1) is 14.9. The van der Waals surface area contributed by atoms with E-state index in [0.717, 1.165) is 11.3 Å². The average Bonchev–Trinajstić information content (AvgIpc) is 3.05. The van der Waals surface area contributed by atoms with E-state index in [0.29, 0.717) is 17.9 Å². The molecule has 7 nitrogen and oxygen atoms in total. The van der Waals surface area contributed by atoms with E-state index in [1.165, 1.54) is 6.20 Å². The van der Waals surface area contributed by atoms with Crippen LogP contribution in [-0.2, 0) is 16.4 Å². The molecular formula is C16H16N4O3S. The minimum atomic E-state index is -3.72. The minimum absolute atomic E-state index is 0.201. The number of anilines is 1. The zero-order valence-corrected chi connectivity index (χ0v) is 14.0. The van der Waals surface area contributed by atoms with E-state index in [-0.39, 0.29) is 10.5 Å². The highest BCUT2D eigenvalue weighted by Crippen LogP contribution is 2.36. The van der Waals surface area contributed by atoms with Gasteiger partial charge in [-0.2, -0.15) is 0 Å². The molecule has 4 rings (SSSR count). The monoisotopic (exact) mass is 344 g/mol.